The average Bonchev–Trinajstić information content (AvgIpc) is 3.10. The van der Waals surface area contributed by atoms with Crippen molar-refractivity contribution in [3.8, 4) is 5.75 Å². The van der Waals surface area contributed by atoms with Gasteiger partial charge in [0.2, 0.25) is 0 Å². The molecule has 1 N–H and O–H groups in total. The van der Waals surface area contributed by atoms with E-state index in [1.165, 1.54) is 5.39 Å². The van der Waals surface area contributed by atoms with E-state index in [0.717, 1.165) is 34.4 Å². The highest BCUT2D eigenvalue weighted by Crippen LogP contribution is 2.25. The molecule has 4 rings (SSSR count). The van der Waals surface area contributed by atoms with E-state index in [1.54, 1.807) is 0 Å². The Labute approximate surface area is 165 Å². The number of imidazole rings is 1. The fourth-order valence-electron chi connectivity index (χ4n) is 3.56. The molecule has 2 unspecified atom stereocenters. The first-order chi connectivity index (χ1) is 13.7. The second kappa shape index (κ2) is 8.03. The summed E-state index contributed by atoms with van der Waals surface area (Å²) in [5.74, 6) is 2.13. The summed E-state index contributed by atoms with van der Waals surface area (Å²) in [6.07, 6.45) is 0.388. The molecule has 0 aliphatic carbocycles. The van der Waals surface area contributed by atoms with Crippen LogP contribution in [0.3, 0.4) is 0 Å². The molecule has 3 aromatic carbocycles. The lowest BCUT2D eigenvalue weighted by Crippen LogP contribution is -2.25. The van der Waals surface area contributed by atoms with Gasteiger partial charge in [0.25, 0.3) is 0 Å². The van der Waals surface area contributed by atoms with Crippen LogP contribution < -0.4 is 4.74 Å². The van der Waals surface area contributed by atoms with E-state index in [9.17, 15) is 5.11 Å². The molecule has 0 amide bonds. The van der Waals surface area contributed by atoms with Crippen LogP contribution in [0.25, 0.3) is 21.8 Å². The van der Waals surface area contributed by atoms with E-state index in [2.05, 4.69) is 36.6 Å². The summed E-state index contributed by atoms with van der Waals surface area (Å²) in [6.45, 7) is 5.04. The lowest BCUT2D eigenvalue weighted by atomic mass is 10.1. The predicted molar refractivity (Wildman–Crippen MR) is 114 cm³/mol. The summed E-state index contributed by atoms with van der Waals surface area (Å²) in [5.41, 5.74) is 2.03. The van der Waals surface area contributed by atoms with Crippen LogP contribution in [-0.2, 0) is 6.54 Å². The molecule has 0 radical (unpaired) electrons. The molecule has 0 aliphatic rings. The first-order valence-corrected chi connectivity index (χ1v) is 9.90. The third-order valence-corrected chi connectivity index (χ3v) is 5.29. The minimum atomic E-state index is -0.619. The van der Waals surface area contributed by atoms with Crippen molar-refractivity contribution in [2.24, 2.45) is 0 Å². The number of hydrogen-bond acceptors (Lipinski definition) is 3. The average molecular weight is 374 g/mol. The number of aliphatic hydroxyl groups is 1. The molecular weight excluding hydrogens is 348 g/mol. The Morgan fingerprint density at radius 2 is 1.75 bits per heavy atom. The summed E-state index contributed by atoms with van der Waals surface area (Å²) >= 11 is 0. The van der Waals surface area contributed by atoms with Gasteiger partial charge in [-0.1, -0.05) is 56.3 Å². The molecule has 1 heterocycles. The largest absolute Gasteiger partial charge is 0.491 e. The lowest BCUT2D eigenvalue weighted by molar-refractivity contribution is 0.0925. The number of para-hydroxylation sites is 2. The number of benzene rings is 3. The summed E-state index contributed by atoms with van der Waals surface area (Å²) in [5, 5.41) is 13.0. The SMILES string of the molecule is CCC(C)c1nc2ccccc2n1CC(O)COc1ccc2ccccc2c1. The van der Waals surface area contributed by atoms with E-state index >= 15 is 0 Å². The lowest BCUT2D eigenvalue weighted by Gasteiger charge is -2.18. The van der Waals surface area contributed by atoms with E-state index in [1.807, 2.05) is 48.5 Å². The molecule has 0 fully saturated rings. The van der Waals surface area contributed by atoms with Crippen LogP contribution >= 0.6 is 0 Å². The Kier molecular flexibility index (Phi) is 5.31. The van der Waals surface area contributed by atoms with Crippen LogP contribution in [0.5, 0.6) is 5.75 Å². The van der Waals surface area contributed by atoms with Crippen molar-refractivity contribution in [2.45, 2.75) is 38.8 Å². The second-order valence-corrected chi connectivity index (χ2v) is 7.35. The van der Waals surface area contributed by atoms with Crippen molar-refractivity contribution in [1.29, 1.82) is 0 Å². The normalized spacial score (nSPS) is 13.7. The Morgan fingerprint density at radius 3 is 2.57 bits per heavy atom. The van der Waals surface area contributed by atoms with Gasteiger partial charge in [0.1, 0.15) is 24.3 Å². The highest BCUT2D eigenvalue weighted by Gasteiger charge is 2.18. The smallest absolute Gasteiger partial charge is 0.120 e. The van der Waals surface area contributed by atoms with Crippen molar-refractivity contribution in [2.75, 3.05) is 6.61 Å². The van der Waals surface area contributed by atoms with Crippen molar-refractivity contribution < 1.29 is 9.84 Å². The molecule has 2 atom stereocenters. The highest BCUT2D eigenvalue weighted by molar-refractivity contribution is 5.83. The maximum atomic E-state index is 10.7. The summed E-state index contributed by atoms with van der Waals surface area (Å²) in [7, 11) is 0. The molecule has 28 heavy (non-hydrogen) atoms. The Hall–Kier alpha value is -2.85. The second-order valence-electron chi connectivity index (χ2n) is 7.35. The van der Waals surface area contributed by atoms with Crippen molar-refractivity contribution in [1.82, 2.24) is 9.55 Å². The van der Waals surface area contributed by atoms with E-state index in [4.69, 9.17) is 9.72 Å². The monoisotopic (exact) mass is 374 g/mol. The van der Waals surface area contributed by atoms with Gasteiger partial charge in [-0.15, -0.1) is 0 Å². The van der Waals surface area contributed by atoms with Gasteiger partial charge in [0.05, 0.1) is 17.6 Å². The van der Waals surface area contributed by atoms with Gasteiger partial charge in [0, 0.05) is 5.92 Å². The third-order valence-electron chi connectivity index (χ3n) is 5.29. The number of nitrogens with zero attached hydrogens (tertiary/aromatic N) is 2. The zero-order valence-electron chi connectivity index (χ0n) is 16.4. The molecule has 144 valence electrons. The maximum Gasteiger partial charge on any atom is 0.120 e. The minimum absolute atomic E-state index is 0.241. The van der Waals surface area contributed by atoms with Crippen LogP contribution in [0.4, 0.5) is 0 Å². The molecule has 0 bridgehead atoms. The third kappa shape index (κ3) is 3.73. The molecule has 0 saturated carbocycles. The molecule has 0 aliphatic heterocycles. The van der Waals surface area contributed by atoms with Gasteiger partial charge in [-0.25, -0.2) is 4.98 Å². The number of hydrogen-bond donors (Lipinski definition) is 1. The molecule has 0 spiro atoms. The first-order valence-electron chi connectivity index (χ1n) is 9.90. The van der Waals surface area contributed by atoms with Gasteiger partial charge in [-0.2, -0.15) is 0 Å². The number of rotatable bonds is 7. The number of aliphatic hydroxyl groups excluding tert-OH is 1. The van der Waals surface area contributed by atoms with Gasteiger partial charge in [-0.05, 0) is 41.5 Å². The van der Waals surface area contributed by atoms with Crippen LogP contribution in [0.1, 0.15) is 32.0 Å². The summed E-state index contributed by atoms with van der Waals surface area (Å²) in [6, 6.07) is 22.3. The maximum absolute atomic E-state index is 10.7. The number of aromatic nitrogens is 2. The standard InChI is InChI=1S/C24H26N2O2/c1-3-17(2)24-25-22-10-6-7-11-23(22)26(24)15-20(27)16-28-21-13-12-18-8-4-5-9-19(18)14-21/h4-14,17,20,27H,3,15-16H2,1-2H3. The van der Waals surface area contributed by atoms with Crippen molar-refractivity contribution >= 4 is 21.8 Å². The topological polar surface area (TPSA) is 47.3 Å². The fourth-order valence-corrected chi connectivity index (χ4v) is 3.56. The minimum Gasteiger partial charge on any atom is -0.491 e. The fraction of sp³-hybridized carbons (Fsp3) is 0.292. The zero-order valence-corrected chi connectivity index (χ0v) is 16.4. The Bertz CT molecular complexity index is 1090. The highest BCUT2D eigenvalue weighted by atomic mass is 16.5. The van der Waals surface area contributed by atoms with Crippen LogP contribution in [0.2, 0.25) is 0 Å². The van der Waals surface area contributed by atoms with Crippen molar-refractivity contribution in [3.63, 3.8) is 0 Å². The quantitative estimate of drug-likeness (QED) is 0.487. The predicted octanol–water partition coefficient (Wildman–Crippen LogP) is 5.14. The summed E-state index contributed by atoms with van der Waals surface area (Å²) in [4.78, 5) is 4.80. The van der Waals surface area contributed by atoms with Gasteiger partial charge >= 0.3 is 0 Å². The van der Waals surface area contributed by atoms with Gasteiger partial charge < -0.3 is 14.4 Å². The molecular formula is C24H26N2O2. The van der Waals surface area contributed by atoms with E-state index in [-0.39, 0.29) is 6.61 Å². The van der Waals surface area contributed by atoms with Crippen LogP contribution in [-0.4, -0.2) is 27.4 Å². The number of fused-ring (bicyclic) bond motifs is 2. The zero-order chi connectivity index (χ0) is 19.5. The molecule has 4 aromatic rings. The molecule has 4 nitrogen and oxygen atoms in total. The van der Waals surface area contributed by atoms with Crippen molar-refractivity contribution in [3.05, 3.63) is 72.6 Å². The van der Waals surface area contributed by atoms with E-state index in [0.29, 0.717) is 12.5 Å². The molecule has 1 aromatic heterocycles. The van der Waals surface area contributed by atoms with Crippen LogP contribution in [0.15, 0.2) is 66.7 Å². The van der Waals surface area contributed by atoms with Crippen LogP contribution in [0, 0.1) is 0 Å². The first kappa shape index (κ1) is 18.5. The molecule has 4 heteroatoms. The van der Waals surface area contributed by atoms with Gasteiger partial charge in [0.15, 0.2) is 0 Å². The number of ether oxygens (including phenoxy) is 1. The van der Waals surface area contributed by atoms with E-state index < -0.39 is 6.10 Å². The Morgan fingerprint density at radius 1 is 1.00 bits per heavy atom. The van der Waals surface area contributed by atoms with Gasteiger partial charge in [-0.3, -0.25) is 0 Å². The summed E-state index contributed by atoms with van der Waals surface area (Å²) < 4.78 is 8.02. The molecule has 0 saturated heterocycles. The Balaban J connectivity index is 1.50.